The van der Waals surface area contributed by atoms with E-state index < -0.39 is 11.6 Å². The number of rotatable bonds is 4. The fraction of sp³-hybridized carbons (Fsp3) is 0.455. The molecule has 27 heavy (non-hydrogen) atoms. The second-order valence-corrected chi connectivity index (χ2v) is 7.18. The monoisotopic (exact) mass is 374 g/mol. The lowest BCUT2D eigenvalue weighted by Gasteiger charge is -2.35. The SMILES string of the molecule is CCOc1ccc(-c2ccc(C3CCC4(CC3)OCCO4)cc2)c(F)c1F. The van der Waals surface area contributed by atoms with Gasteiger partial charge in [-0.1, -0.05) is 24.3 Å². The number of ether oxygens (including phenoxy) is 3. The molecule has 1 aliphatic carbocycles. The van der Waals surface area contributed by atoms with Crippen LogP contribution >= 0.6 is 0 Å². The van der Waals surface area contributed by atoms with Gasteiger partial charge < -0.3 is 14.2 Å². The van der Waals surface area contributed by atoms with Crippen molar-refractivity contribution in [3.63, 3.8) is 0 Å². The molecule has 5 heteroatoms. The summed E-state index contributed by atoms with van der Waals surface area (Å²) in [5, 5.41) is 0. The average molecular weight is 374 g/mol. The van der Waals surface area contributed by atoms with Crippen LogP contribution in [0.2, 0.25) is 0 Å². The lowest BCUT2D eigenvalue weighted by molar-refractivity contribution is -0.178. The third-order valence-corrected chi connectivity index (χ3v) is 5.60. The third-order valence-electron chi connectivity index (χ3n) is 5.60. The van der Waals surface area contributed by atoms with Crippen molar-refractivity contribution in [2.45, 2.75) is 44.3 Å². The highest BCUT2D eigenvalue weighted by Crippen LogP contribution is 2.42. The van der Waals surface area contributed by atoms with Gasteiger partial charge in [-0.15, -0.1) is 0 Å². The van der Waals surface area contributed by atoms with Crippen molar-refractivity contribution in [1.29, 1.82) is 0 Å². The minimum absolute atomic E-state index is 0.0529. The van der Waals surface area contributed by atoms with E-state index in [4.69, 9.17) is 14.2 Å². The van der Waals surface area contributed by atoms with E-state index in [0.717, 1.165) is 25.7 Å². The smallest absolute Gasteiger partial charge is 0.201 e. The largest absolute Gasteiger partial charge is 0.491 e. The van der Waals surface area contributed by atoms with E-state index in [0.29, 0.717) is 31.3 Å². The van der Waals surface area contributed by atoms with E-state index in [-0.39, 0.29) is 17.1 Å². The topological polar surface area (TPSA) is 27.7 Å². The molecule has 1 spiro atoms. The van der Waals surface area contributed by atoms with Crippen LogP contribution in [0.15, 0.2) is 36.4 Å². The lowest BCUT2D eigenvalue weighted by atomic mass is 9.80. The van der Waals surface area contributed by atoms with Crippen LogP contribution in [-0.2, 0) is 9.47 Å². The van der Waals surface area contributed by atoms with Crippen LogP contribution in [0.5, 0.6) is 5.75 Å². The lowest BCUT2D eigenvalue weighted by Crippen LogP contribution is -2.34. The molecule has 144 valence electrons. The van der Waals surface area contributed by atoms with Crippen molar-refractivity contribution in [2.24, 2.45) is 0 Å². The molecular formula is C22H24F2O3. The molecule has 1 heterocycles. The minimum Gasteiger partial charge on any atom is -0.491 e. The predicted octanol–water partition coefficient (Wildman–Crippen LogP) is 5.43. The van der Waals surface area contributed by atoms with Crippen molar-refractivity contribution >= 4 is 0 Å². The molecule has 2 aromatic rings. The maximum Gasteiger partial charge on any atom is 0.201 e. The third kappa shape index (κ3) is 3.58. The van der Waals surface area contributed by atoms with Gasteiger partial charge in [-0.05, 0) is 48.9 Å². The molecule has 0 aromatic heterocycles. The molecule has 2 aromatic carbocycles. The van der Waals surface area contributed by atoms with Gasteiger partial charge in [-0.3, -0.25) is 0 Å². The van der Waals surface area contributed by atoms with Gasteiger partial charge in [-0.25, -0.2) is 4.39 Å². The number of benzene rings is 2. The minimum atomic E-state index is -0.937. The Morgan fingerprint density at radius 2 is 1.63 bits per heavy atom. The Bertz CT molecular complexity index is 788. The number of hydrogen-bond acceptors (Lipinski definition) is 3. The second-order valence-electron chi connectivity index (χ2n) is 7.18. The summed E-state index contributed by atoms with van der Waals surface area (Å²) >= 11 is 0. The van der Waals surface area contributed by atoms with E-state index >= 15 is 0 Å². The molecule has 0 radical (unpaired) electrons. The molecule has 0 atom stereocenters. The summed E-state index contributed by atoms with van der Waals surface area (Å²) in [6.45, 7) is 3.40. The molecule has 1 aliphatic heterocycles. The normalized spacial score (nSPS) is 19.5. The fourth-order valence-corrected chi connectivity index (χ4v) is 4.13. The number of halogens is 2. The summed E-state index contributed by atoms with van der Waals surface area (Å²) < 4.78 is 45.2. The fourth-order valence-electron chi connectivity index (χ4n) is 4.13. The van der Waals surface area contributed by atoms with Gasteiger partial charge in [0.1, 0.15) is 0 Å². The molecular weight excluding hydrogens is 350 g/mol. The first kappa shape index (κ1) is 18.4. The Balaban J connectivity index is 1.49. The van der Waals surface area contributed by atoms with Gasteiger partial charge in [0.2, 0.25) is 5.82 Å². The highest BCUT2D eigenvalue weighted by atomic mass is 19.2. The Hall–Kier alpha value is -1.98. The molecule has 1 saturated heterocycles. The van der Waals surface area contributed by atoms with Crippen LogP contribution < -0.4 is 4.74 Å². The Labute approximate surface area is 158 Å². The quantitative estimate of drug-likeness (QED) is 0.714. The standard InChI is InChI=1S/C22H24F2O3/c1-2-25-19-8-7-18(20(23)21(19)24)17-5-3-15(4-6-17)16-9-11-22(12-10-16)26-13-14-27-22/h3-8,16H,2,9-14H2,1H3. The average Bonchev–Trinajstić information content (AvgIpc) is 3.15. The van der Waals surface area contributed by atoms with Crippen molar-refractivity contribution < 1.29 is 23.0 Å². The van der Waals surface area contributed by atoms with Crippen molar-refractivity contribution in [2.75, 3.05) is 19.8 Å². The highest BCUT2D eigenvalue weighted by Gasteiger charge is 2.40. The Morgan fingerprint density at radius 3 is 2.26 bits per heavy atom. The van der Waals surface area contributed by atoms with Crippen molar-refractivity contribution in [1.82, 2.24) is 0 Å². The van der Waals surface area contributed by atoms with Crippen LogP contribution in [0.3, 0.4) is 0 Å². The summed E-state index contributed by atoms with van der Waals surface area (Å²) in [4.78, 5) is 0. The molecule has 0 N–H and O–H groups in total. The molecule has 2 aliphatic rings. The van der Waals surface area contributed by atoms with Gasteiger partial charge in [0.25, 0.3) is 0 Å². The van der Waals surface area contributed by atoms with Gasteiger partial charge in [0, 0.05) is 18.4 Å². The van der Waals surface area contributed by atoms with Crippen LogP contribution in [0.25, 0.3) is 11.1 Å². The Kier molecular flexibility index (Phi) is 5.15. The van der Waals surface area contributed by atoms with Crippen LogP contribution in [0, 0.1) is 11.6 Å². The van der Waals surface area contributed by atoms with Crippen molar-refractivity contribution in [3.8, 4) is 16.9 Å². The molecule has 2 fully saturated rings. The summed E-state index contributed by atoms with van der Waals surface area (Å²) in [5.74, 6) is -1.78. The first-order chi connectivity index (χ1) is 13.1. The van der Waals surface area contributed by atoms with Gasteiger partial charge in [0.05, 0.1) is 19.8 Å². The van der Waals surface area contributed by atoms with Gasteiger partial charge in [-0.2, -0.15) is 4.39 Å². The van der Waals surface area contributed by atoms with Crippen molar-refractivity contribution in [3.05, 3.63) is 53.6 Å². The zero-order valence-electron chi connectivity index (χ0n) is 15.5. The summed E-state index contributed by atoms with van der Waals surface area (Å²) in [6, 6.07) is 10.8. The van der Waals surface area contributed by atoms with E-state index in [1.165, 1.54) is 11.6 Å². The highest BCUT2D eigenvalue weighted by molar-refractivity contribution is 5.65. The second kappa shape index (κ2) is 7.56. The zero-order valence-corrected chi connectivity index (χ0v) is 15.5. The summed E-state index contributed by atoms with van der Waals surface area (Å²) in [6.07, 6.45) is 3.81. The Morgan fingerprint density at radius 1 is 0.963 bits per heavy atom. The predicted molar refractivity (Wildman–Crippen MR) is 98.8 cm³/mol. The van der Waals surface area contributed by atoms with E-state index in [2.05, 4.69) is 0 Å². The molecule has 4 rings (SSSR count). The van der Waals surface area contributed by atoms with Crippen LogP contribution in [0.4, 0.5) is 8.78 Å². The van der Waals surface area contributed by atoms with Crippen LogP contribution in [0.1, 0.15) is 44.1 Å². The van der Waals surface area contributed by atoms with E-state index in [1.807, 2.05) is 24.3 Å². The molecule has 1 saturated carbocycles. The molecule has 0 unspecified atom stereocenters. The maximum absolute atomic E-state index is 14.4. The summed E-state index contributed by atoms with van der Waals surface area (Å²) in [5.41, 5.74) is 2.13. The maximum atomic E-state index is 14.4. The summed E-state index contributed by atoms with van der Waals surface area (Å²) in [7, 11) is 0. The van der Waals surface area contributed by atoms with Gasteiger partial charge in [0.15, 0.2) is 17.4 Å². The van der Waals surface area contributed by atoms with Crippen LogP contribution in [-0.4, -0.2) is 25.6 Å². The first-order valence-electron chi connectivity index (χ1n) is 9.61. The molecule has 0 amide bonds. The zero-order chi connectivity index (χ0) is 18.9. The van der Waals surface area contributed by atoms with E-state index in [1.54, 1.807) is 13.0 Å². The first-order valence-corrected chi connectivity index (χ1v) is 9.61. The molecule has 0 bridgehead atoms. The van der Waals surface area contributed by atoms with Gasteiger partial charge >= 0.3 is 0 Å². The number of hydrogen-bond donors (Lipinski definition) is 0. The van der Waals surface area contributed by atoms with E-state index in [9.17, 15) is 8.78 Å². The molecule has 3 nitrogen and oxygen atoms in total.